The van der Waals surface area contributed by atoms with Crippen LogP contribution in [0.5, 0.6) is 0 Å². The molecule has 0 aromatic heterocycles. The minimum absolute atomic E-state index is 0.0377. The number of aliphatic carboxylic acids is 2. The van der Waals surface area contributed by atoms with Gasteiger partial charge in [-0.1, -0.05) is 13.8 Å². The van der Waals surface area contributed by atoms with Crippen molar-refractivity contribution >= 4 is 83.6 Å². The van der Waals surface area contributed by atoms with Gasteiger partial charge in [0.1, 0.15) is 0 Å². The Balaban J connectivity index is -0.000000722. The van der Waals surface area contributed by atoms with Gasteiger partial charge in [-0.25, -0.2) is 0 Å². The summed E-state index contributed by atoms with van der Waals surface area (Å²) < 4.78 is 3.33. The second-order valence-electron chi connectivity index (χ2n) is 11.8. The molecule has 256 valence electrons. The van der Waals surface area contributed by atoms with Gasteiger partial charge in [0.2, 0.25) is 0 Å². The third kappa shape index (κ3) is 39.2. The summed E-state index contributed by atoms with van der Waals surface area (Å²) in [5.41, 5.74) is 0. The van der Waals surface area contributed by atoms with Crippen LogP contribution in [-0.2, 0) is 9.59 Å². The molecule has 0 aromatic carbocycles. The Morgan fingerprint density at radius 2 is 0.744 bits per heavy atom. The Morgan fingerprint density at radius 1 is 0.512 bits per heavy atom. The average Bonchev–Trinajstić information content (AvgIpc) is 2.94. The normalized spacial score (nSPS) is 13.4. The molecule has 43 heavy (non-hydrogen) atoms. The molecule has 0 aliphatic rings. The Kier molecular flexibility index (Phi) is 44.4. The monoisotopic (exact) mass is 788 g/mol. The maximum absolute atomic E-state index is 10.2. The van der Waals surface area contributed by atoms with Crippen molar-refractivity contribution in [3.63, 3.8) is 0 Å². The quantitative estimate of drug-likeness (QED) is 0.0364. The summed E-state index contributed by atoms with van der Waals surface area (Å²) in [7, 11) is 0. The second kappa shape index (κ2) is 39.3. The van der Waals surface area contributed by atoms with E-state index < -0.39 is 23.8 Å². The van der Waals surface area contributed by atoms with E-state index in [1.54, 1.807) is 35.6 Å². The standard InChI is InChI=1S/2C12H25.2C5H10O2S2.Sn/c2*1-3-5-7-9-11-12-10-8-6-4-2;2*1-3(9)4(2-8)5(6)7;/h2*1,3-12H2,2H3;2*3-4,8-9H,2H2,1H3,(H,6,7);/q;;;;+2/p-2. The minimum atomic E-state index is -1.08. The molecule has 4 unspecified atom stereocenters. The number of rotatable bonds is 28. The molecule has 0 amide bonds. The number of hydrogen-bond acceptors (Lipinski definition) is 8. The SMILES string of the molecule is CC(S)C(CS)C(=O)[O-].CC(S)C(CS)C(=O)[O-].CCCCCCCCCCC[CH2][Sn+2][CH2]CCCCCCCCCCC. The van der Waals surface area contributed by atoms with E-state index in [9.17, 15) is 19.8 Å². The Labute approximate surface area is 300 Å². The third-order valence-electron chi connectivity index (χ3n) is 7.58. The van der Waals surface area contributed by atoms with Gasteiger partial charge in [-0.3, -0.25) is 0 Å². The van der Waals surface area contributed by atoms with Crippen LogP contribution in [0.4, 0.5) is 0 Å². The first kappa shape index (κ1) is 48.5. The summed E-state index contributed by atoms with van der Waals surface area (Å²) in [4.78, 5) is 20.3. The molecular formula is C34H68O4S4Sn. The van der Waals surface area contributed by atoms with E-state index in [1.165, 1.54) is 116 Å². The third-order valence-corrected chi connectivity index (χ3v) is 13.1. The van der Waals surface area contributed by atoms with Gasteiger partial charge in [-0.2, -0.15) is 50.5 Å². The fourth-order valence-corrected chi connectivity index (χ4v) is 9.73. The van der Waals surface area contributed by atoms with Crippen molar-refractivity contribution in [1.82, 2.24) is 0 Å². The van der Waals surface area contributed by atoms with Gasteiger partial charge in [0.15, 0.2) is 0 Å². The molecule has 0 saturated heterocycles. The molecule has 0 aliphatic carbocycles. The molecule has 0 spiro atoms. The first-order valence-electron chi connectivity index (χ1n) is 17.3. The van der Waals surface area contributed by atoms with Crippen LogP contribution in [0.15, 0.2) is 0 Å². The first-order valence-corrected chi connectivity index (χ1v) is 23.6. The van der Waals surface area contributed by atoms with Crippen molar-refractivity contribution in [2.45, 2.75) is 175 Å². The number of carbonyl (C=O) groups excluding carboxylic acids is 2. The van der Waals surface area contributed by atoms with Crippen molar-refractivity contribution < 1.29 is 19.8 Å². The summed E-state index contributed by atoms with van der Waals surface area (Å²) in [6.07, 6.45) is 29.8. The van der Waals surface area contributed by atoms with Gasteiger partial charge in [0.25, 0.3) is 0 Å². The van der Waals surface area contributed by atoms with Crippen LogP contribution < -0.4 is 10.2 Å². The number of hydrogen-bond donors (Lipinski definition) is 4. The molecule has 0 radical (unpaired) electrons. The van der Waals surface area contributed by atoms with Gasteiger partial charge in [0.05, 0.1) is 0 Å². The van der Waals surface area contributed by atoms with E-state index in [2.05, 4.69) is 64.4 Å². The molecule has 0 aliphatic heterocycles. The zero-order chi connectivity index (χ0) is 33.1. The van der Waals surface area contributed by atoms with Crippen LogP contribution in [-0.4, -0.2) is 55.1 Å². The number of thiol groups is 4. The van der Waals surface area contributed by atoms with Crippen LogP contribution in [0.1, 0.15) is 156 Å². The van der Waals surface area contributed by atoms with Crippen LogP contribution in [0.25, 0.3) is 0 Å². The summed E-state index contributed by atoms with van der Waals surface area (Å²) >= 11 is 15.6. The molecule has 0 bridgehead atoms. The number of carbonyl (C=O) groups is 2. The molecule has 0 rings (SSSR count). The molecule has 0 N–H and O–H groups in total. The zero-order valence-corrected chi connectivity index (χ0v) is 34.6. The molecule has 0 heterocycles. The molecule has 0 aromatic rings. The summed E-state index contributed by atoms with van der Waals surface area (Å²) in [5.74, 6) is -2.67. The first-order chi connectivity index (χ1) is 20.6. The number of unbranched alkanes of at least 4 members (excludes halogenated alkanes) is 18. The fraction of sp³-hybridized carbons (Fsp3) is 0.941. The van der Waals surface area contributed by atoms with E-state index in [0.29, 0.717) is 0 Å². The van der Waals surface area contributed by atoms with E-state index >= 15 is 0 Å². The van der Waals surface area contributed by atoms with E-state index in [-0.39, 0.29) is 43.1 Å². The van der Waals surface area contributed by atoms with Gasteiger partial charge >= 0.3 is 172 Å². The van der Waals surface area contributed by atoms with E-state index in [0.717, 1.165) is 0 Å². The molecule has 4 nitrogen and oxygen atoms in total. The van der Waals surface area contributed by atoms with Gasteiger partial charge in [-0.05, 0) is 11.5 Å². The molecule has 0 fully saturated rings. The molecule has 4 atom stereocenters. The predicted octanol–water partition coefficient (Wildman–Crippen LogP) is 8.57. The van der Waals surface area contributed by atoms with E-state index in [4.69, 9.17) is 0 Å². The van der Waals surface area contributed by atoms with Crippen molar-refractivity contribution in [3.05, 3.63) is 0 Å². The van der Waals surface area contributed by atoms with Gasteiger partial charge in [-0.15, -0.1) is 0 Å². The summed E-state index contributed by atoms with van der Waals surface area (Å²) in [6, 6.07) is 0. The van der Waals surface area contributed by atoms with Gasteiger partial charge < -0.3 is 19.8 Å². The zero-order valence-electron chi connectivity index (χ0n) is 28.2. The second-order valence-corrected chi connectivity index (χ2v) is 18.5. The van der Waals surface area contributed by atoms with Crippen molar-refractivity contribution in [3.8, 4) is 0 Å². The topological polar surface area (TPSA) is 80.3 Å². The van der Waals surface area contributed by atoms with E-state index in [1.807, 2.05) is 0 Å². The van der Waals surface area contributed by atoms with Crippen LogP contribution in [0, 0.1) is 11.8 Å². The van der Waals surface area contributed by atoms with Crippen LogP contribution in [0.2, 0.25) is 8.87 Å². The Morgan fingerprint density at radius 3 is 0.907 bits per heavy atom. The molecule has 9 heteroatoms. The molecule has 0 saturated carbocycles. The fourth-order valence-electron chi connectivity index (χ4n) is 4.45. The van der Waals surface area contributed by atoms with Crippen LogP contribution in [0.3, 0.4) is 0 Å². The Bertz CT molecular complexity index is 535. The predicted molar refractivity (Wildman–Crippen MR) is 201 cm³/mol. The molecular weight excluding hydrogens is 719 g/mol. The summed E-state index contributed by atoms with van der Waals surface area (Å²) in [5, 5.41) is 20.0. The number of carboxylic acids is 2. The van der Waals surface area contributed by atoms with Crippen molar-refractivity contribution in [2.75, 3.05) is 11.5 Å². The summed E-state index contributed by atoms with van der Waals surface area (Å²) in [6.45, 7) is 8.03. The van der Waals surface area contributed by atoms with Crippen molar-refractivity contribution in [1.29, 1.82) is 0 Å². The Hall–Kier alpha value is 1.14. The van der Waals surface area contributed by atoms with Gasteiger partial charge in [0, 0.05) is 34.3 Å². The maximum atomic E-state index is 10.2. The number of carboxylic acid groups (broad SMARTS) is 2. The average molecular weight is 788 g/mol. The van der Waals surface area contributed by atoms with Crippen LogP contribution >= 0.6 is 50.5 Å². The van der Waals surface area contributed by atoms with Crippen molar-refractivity contribution in [2.24, 2.45) is 11.8 Å².